The van der Waals surface area contributed by atoms with E-state index in [0.29, 0.717) is 57.8 Å². The zero-order chi connectivity index (χ0) is 28.8. The van der Waals surface area contributed by atoms with E-state index in [1.54, 1.807) is 4.68 Å². The topological polar surface area (TPSA) is 118 Å². The number of carbonyl (C=O) groups excluding carboxylic acids is 3. The molecule has 3 N–H and O–H groups in total. The van der Waals surface area contributed by atoms with Crippen molar-refractivity contribution in [2.75, 3.05) is 38.2 Å². The van der Waals surface area contributed by atoms with Gasteiger partial charge in [0.2, 0.25) is 17.7 Å². The van der Waals surface area contributed by atoms with E-state index >= 15 is 0 Å². The smallest absolute Gasteiger partial charge is 0.243 e. The van der Waals surface area contributed by atoms with Gasteiger partial charge < -0.3 is 20.7 Å². The molecular formula is C31H42N6O4. The fraction of sp³-hybridized carbons (Fsp3) is 0.548. The molecule has 3 atom stereocenters. The number of ether oxygens (including phenoxy) is 1. The summed E-state index contributed by atoms with van der Waals surface area (Å²) in [6, 6.07) is 11.0. The molecule has 0 bridgehead atoms. The number of rotatable bonds is 5. The van der Waals surface area contributed by atoms with Crippen molar-refractivity contribution in [1.82, 2.24) is 25.3 Å². The number of fused-ring (bicyclic) bond motifs is 1. The fourth-order valence-corrected chi connectivity index (χ4v) is 6.21. The SMILES string of the molecule is Cc1cc(NC(=O)CN2CC[C@@H]3NC(=O)[C@@H](Cc4ccccc4)NC(=O)C4(C/C=C/C[C@@H]3C2)CCOCC4)nn1C. The van der Waals surface area contributed by atoms with Crippen LogP contribution in [0.5, 0.6) is 0 Å². The van der Waals surface area contributed by atoms with Gasteiger partial charge in [0.1, 0.15) is 6.04 Å². The zero-order valence-corrected chi connectivity index (χ0v) is 24.1. The van der Waals surface area contributed by atoms with Gasteiger partial charge in [-0.05, 0) is 50.5 Å². The van der Waals surface area contributed by atoms with Crippen LogP contribution in [-0.4, -0.2) is 77.3 Å². The number of aromatic nitrogens is 2. The molecule has 0 unspecified atom stereocenters. The van der Waals surface area contributed by atoms with Crippen molar-refractivity contribution in [3.8, 4) is 0 Å². The summed E-state index contributed by atoms with van der Waals surface area (Å²) < 4.78 is 7.33. The number of allylic oxidation sites excluding steroid dienone is 2. The minimum atomic E-state index is -0.667. The van der Waals surface area contributed by atoms with Crippen LogP contribution in [0.2, 0.25) is 0 Å². The molecular weight excluding hydrogens is 520 g/mol. The van der Waals surface area contributed by atoms with E-state index in [0.717, 1.165) is 24.1 Å². The summed E-state index contributed by atoms with van der Waals surface area (Å²) in [5.74, 6) is 0.385. The van der Waals surface area contributed by atoms with Crippen molar-refractivity contribution in [2.24, 2.45) is 18.4 Å². The summed E-state index contributed by atoms with van der Waals surface area (Å²) in [7, 11) is 1.85. The number of nitrogens with one attached hydrogen (secondary N) is 3. The molecule has 3 aliphatic heterocycles. The summed E-state index contributed by atoms with van der Waals surface area (Å²) in [5, 5.41) is 13.7. The van der Waals surface area contributed by atoms with Gasteiger partial charge >= 0.3 is 0 Å². The maximum Gasteiger partial charge on any atom is 0.243 e. The van der Waals surface area contributed by atoms with Crippen molar-refractivity contribution in [3.05, 3.63) is 59.8 Å². The highest BCUT2D eigenvalue weighted by Crippen LogP contribution is 2.36. The van der Waals surface area contributed by atoms with Gasteiger partial charge in [-0.25, -0.2) is 0 Å². The summed E-state index contributed by atoms with van der Waals surface area (Å²) >= 11 is 0. The zero-order valence-electron chi connectivity index (χ0n) is 24.1. The Balaban J connectivity index is 1.31. The molecule has 4 heterocycles. The number of anilines is 1. The molecule has 2 fully saturated rings. The molecule has 10 nitrogen and oxygen atoms in total. The molecule has 3 amide bonds. The van der Waals surface area contributed by atoms with Gasteiger partial charge in [0.25, 0.3) is 0 Å². The highest BCUT2D eigenvalue weighted by atomic mass is 16.5. The molecule has 0 radical (unpaired) electrons. The van der Waals surface area contributed by atoms with Crippen LogP contribution in [0, 0.1) is 18.3 Å². The van der Waals surface area contributed by atoms with Crippen LogP contribution in [0.15, 0.2) is 48.6 Å². The predicted octanol–water partition coefficient (Wildman–Crippen LogP) is 2.35. The van der Waals surface area contributed by atoms with E-state index in [2.05, 4.69) is 38.1 Å². The second-order valence-corrected chi connectivity index (χ2v) is 11.8. The molecule has 41 heavy (non-hydrogen) atoms. The lowest BCUT2D eigenvalue weighted by molar-refractivity contribution is -0.140. The van der Waals surface area contributed by atoms with Crippen LogP contribution in [0.25, 0.3) is 0 Å². The average Bonchev–Trinajstić information content (AvgIpc) is 3.28. The summed E-state index contributed by atoms with van der Waals surface area (Å²) in [4.78, 5) is 42.4. The largest absolute Gasteiger partial charge is 0.381 e. The van der Waals surface area contributed by atoms with Crippen LogP contribution in [0.1, 0.15) is 43.4 Å². The van der Waals surface area contributed by atoms with Crippen LogP contribution in [0.3, 0.4) is 0 Å². The highest BCUT2D eigenvalue weighted by molar-refractivity contribution is 5.92. The first kappa shape index (κ1) is 29.0. The minimum Gasteiger partial charge on any atom is -0.381 e. The average molecular weight is 563 g/mol. The van der Waals surface area contributed by atoms with Crippen molar-refractivity contribution >= 4 is 23.5 Å². The predicted molar refractivity (Wildman–Crippen MR) is 156 cm³/mol. The van der Waals surface area contributed by atoms with E-state index in [1.807, 2.05) is 50.4 Å². The Kier molecular flexibility index (Phi) is 9.19. The molecule has 220 valence electrons. The molecule has 1 aromatic heterocycles. The molecule has 5 rings (SSSR count). The Morgan fingerprint density at radius 2 is 1.93 bits per heavy atom. The number of amides is 3. The molecule has 10 heteroatoms. The lowest BCUT2D eigenvalue weighted by atomic mass is 9.75. The maximum absolute atomic E-state index is 13.7. The van der Waals surface area contributed by atoms with Gasteiger partial charge in [-0.15, -0.1) is 0 Å². The molecule has 2 saturated heterocycles. The fourth-order valence-electron chi connectivity index (χ4n) is 6.21. The molecule has 0 saturated carbocycles. The first-order chi connectivity index (χ1) is 19.8. The van der Waals surface area contributed by atoms with Gasteiger partial charge in [0.05, 0.1) is 12.0 Å². The Bertz CT molecular complexity index is 1230. The molecule has 2 aromatic rings. The van der Waals surface area contributed by atoms with Gasteiger partial charge in [0.15, 0.2) is 5.82 Å². The van der Waals surface area contributed by atoms with Crippen LogP contribution < -0.4 is 16.0 Å². The first-order valence-corrected chi connectivity index (χ1v) is 14.7. The van der Waals surface area contributed by atoms with E-state index in [-0.39, 0.29) is 36.2 Å². The number of aryl methyl sites for hydroxylation is 2. The van der Waals surface area contributed by atoms with Gasteiger partial charge in [0, 0.05) is 57.6 Å². The summed E-state index contributed by atoms with van der Waals surface area (Å²) in [6.07, 6.45) is 8.09. The number of benzene rings is 1. The number of nitrogens with zero attached hydrogens (tertiary/aromatic N) is 3. The Morgan fingerprint density at radius 1 is 1.15 bits per heavy atom. The Morgan fingerprint density at radius 3 is 2.66 bits per heavy atom. The van der Waals surface area contributed by atoms with Crippen LogP contribution >= 0.6 is 0 Å². The van der Waals surface area contributed by atoms with E-state index in [1.165, 1.54) is 0 Å². The Labute approximate surface area is 241 Å². The van der Waals surface area contributed by atoms with E-state index < -0.39 is 11.5 Å². The van der Waals surface area contributed by atoms with Crippen molar-refractivity contribution in [3.63, 3.8) is 0 Å². The van der Waals surface area contributed by atoms with Crippen LogP contribution in [-0.2, 0) is 32.6 Å². The van der Waals surface area contributed by atoms with Gasteiger partial charge in [-0.2, -0.15) is 5.10 Å². The molecule has 1 aromatic carbocycles. The number of likely N-dealkylation sites (tertiary alicyclic amines) is 1. The second kappa shape index (κ2) is 13.0. The summed E-state index contributed by atoms with van der Waals surface area (Å²) in [5.41, 5.74) is 1.39. The summed E-state index contributed by atoms with van der Waals surface area (Å²) in [6.45, 7) is 4.68. The lowest BCUT2D eigenvalue weighted by Crippen LogP contribution is -2.58. The van der Waals surface area contributed by atoms with Crippen molar-refractivity contribution < 1.29 is 19.1 Å². The Hall–Kier alpha value is -3.50. The molecule has 0 aliphatic carbocycles. The molecule has 3 aliphatic rings. The third-order valence-electron chi connectivity index (χ3n) is 8.84. The van der Waals surface area contributed by atoms with Gasteiger partial charge in [-0.1, -0.05) is 42.5 Å². The number of hydrogen-bond acceptors (Lipinski definition) is 6. The highest BCUT2D eigenvalue weighted by Gasteiger charge is 2.41. The number of hydrogen-bond donors (Lipinski definition) is 3. The number of carbonyl (C=O) groups is 3. The van der Waals surface area contributed by atoms with Gasteiger partial charge in [-0.3, -0.25) is 24.0 Å². The van der Waals surface area contributed by atoms with Crippen molar-refractivity contribution in [2.45, 2.75) is 57.5 Å². The molecule has 1 spiro atoms. The number of piperidine rings is 1. The van der Waals surface area contributed by atoms with Crippen molar-refractivity contribution in [1.29, 1.82) is 0 Å². The van der Waals surface area contributed by atoms with Crippen LogP contribution in [0.4, 0.5) is 5.82 Å². The third kappa shape index (κ3) is 7.23. The second-order valence-electron chi connectivity index (χ2n) is 11.8. The monoisotopic (exact) mass is 562 g/mol. The normalized spacial score (nSPS) is 26.1. The quantitative estimate of drug-likeness (QED) is 0.482. The maximum atomic E-state index is 13.7. The van der Waals surface area contributed by atoms with E-state index in [9.17, 15) is 14.4 Å². The van der Waals surface area contributed by atoms with E-state index in [4.69, 9.17) is 4.74 Å². The minimum absolute atomic E-state index is 0.0449. The third-order valence-corrected chi connectivity index (χ3v) is 8.84. The standard InChI is InChI=1S/C31H42N6O4/c1-22-18-27(35-36(22)2)34-28(38)21-37-15-11-25-24(20-37)10-6-7-12-31(13-16-41-17-14-31)30(40)33-26(29(39)32-25)19-23-8-4-3-5-9-23/h3-9,18,24-26H,10-17,19-21H2,1-2H3,(H,32,39)(H,33,40)(H,34,35,38)/b7-6+/t24-,25+,26-/m1/s1. The first-order valence-electron chi connectivity index (χ1n) is 14.7. The lowest BCUT2D eigenvalue weighted by Gasteiger charge is -2.40.